The summed E-state index contributed by atoms with van der Waals surface area (Å²) in [5.74, 6) is 0.980. The average Bonchev–Trinajstić information content (AvgIpc) is 3.21. The molecule has 1 aliphatic rings. The summed E-state index contributed by atoms with van der Waals surface area (Å²) in [7, 11) is -2.50. The molecule has 0 bridgehead atoms. The normalized spacial score (nSPS) is 12.3. The van der Waals surface area contributed by atoms with Gasteiger partial charge in [-0.2, -0.15) is 0 Å². The smallest absolute Gasteiger partial charge is 0.261 e. The molecule has 31 heavy (non-hydrogen) atoms. The number of fused-ring (bicyclic) bond motifs is 1. The Hall–Kier alpha value is -3.72. The van der Waals surface area contributed by atoms with Gasteiger partial charge in [-0.05, 0) is 48.9 Å². The van der Waals surface area contributed by atoms with Crippen LogP contribution in [-0.4, -0.2) is 28.2 Å². The molecule has 160 valence electrons. The maximum atomic E-state index is 12.9. The van der Waals surface area contributed by atoms with Crippen molar-refractivity contribution in [2.45, 2.75) is 11.8 Å². The van der Waals surface area contributed by atoms with Gasteiger partial charge in [0.25, 0.3) is 15.9 Å². The molecule has 0 atom stereocenters. The molecule has 0 saturated carbocycles. The molecule has 0 spiro atoms. The van der Waals surface area contributed by atoms with Crippen LogP contribution in [0.25, 0.3) is 0 Å². The second kappa shape index (κ2) is 8.19. The fourth-order valence-corrected chi connectivity index (χ4v) is 4.22. The predicted octanol–water partition coefficient (Wildman–Crippen LogP) is 3.79. The van der Waals surface area contributed by atoms with Gasteiger partial charge in [-0.1, -0.05) is 18.2 Å². The van der Waals surface area contributed by atoms with Crippen LogP contribution in [-0.2, 0) is 10.0 Å². The number of hydrogen-bond donors (Lipinski definition) is 2. The lowest BCUT2D eigenvalue weighted by Crippen LogP contribution is -2.16. The minimum atomic E-state index is -3.94. The molecule has 0 unspecified atom stereocenters. The predicted molar refractivity (Wildman–Crippen MR) is 115 cm³/mol. The number of rotatable bonds is 6. The van der Waals surface area contributed by atoms with Gasteiger partial charge in [0.05, 0.1) is 23.4 Å². The highest BCUT2D eigenvalue weighted by atomic mass is 32.2. The molecular formula is C22H20N2O6S. The first-order valence-electron chi connectivity index (χ1n) is 9.35. The summed E-state index contributed by atoms with van der Waals surface area (Å²) in [6.45, 7) is 1.91. The highest BCUT2D eigenvalue weighted by Gasteiger charge is 2.20. The molecule has 9 heteroatoms. The van der Waals surface area contributed by atoms with Crippen LogP contribution in [0.2, 0.25) is 0 Å². The van der Waals surface area contributed by atoms with Gasteiger partial charge in [-0.25, -0.2) is 8.42 Å². The van der Waals surface area contributed by atoms with Crippen molar-refractivity contribution in [3.05, 3.63) is 71.8 Å². The van der Waals surface area contributed by atoms with Gasteiger partial charge in [-0.3, -0.25) is 9.52 Å². The molecule has 1 amide bonds. The molecule has 8 nitrogen and oxygen atoms in total. The molecule has 0 fully saturated rings. The van der Waals surface area contributed by atoms with Crippen LogP contribution >= 0.6 is 0 Å². The van der Waals surface area contributed by atoms with E-state index in [0.717, 1.165) is 5.56 Å². The maximum absolute atomic E-state index is 12.9. The maximum Gasteiger partial charge on any atom is 0.261 e. The lowest BCUT2D eigenvalue weighted by atomic mass is 10.1. The van der Waals surface area contributed by atoms with Crippen molar-refractivity contribution in [2.24, 2.45) is 0 Å². The van der Waals surface area contributed by atoms with E-state index in [1.165, 1.54) is 25.3 Å². The molecule has 2 N–H and O–H groups in total. The number of sulfonamides is 1. The molecule has 4 rings (SSSR count). The lowest BCUT2D eigenvalue weighted by Gasteiger charge is -2.14. The summed E-state index contributed by atoms with van der Waals surface area (Å²) < 4.78 is 44.2. The number of benzene rings is 3. The zero-order chi connectivity index (χ0) is 22.0. The average molecular weight is 440 g/mol. The largest absolute Gasteiger partial charge is 0.495 e. The molecule has 0 aliphatic carbocycles. The Balaban J connectivity index is 1.61. The van der Waals surface area contributed by atoms with E-state index in [1.807, 2.05) is 19.1 Å². The van der Waals surface area contributed by atoms with E-state index in [2.05, 4.69) is 10.0 Å². The van der Waals surface area contributed by atoms with Crippen LogP contribution < -0.4 is 24.2 Å². The molecule has 1 aliphatic heterocycles. The Bertz CT molecular complexity index is 1260. The number of amides is 1. The second-order valence-corrected chi connectivity index (χ2v) is 8.49. The van der Waals surface area contributed by atoms with Crippen molar-refractivity contribution in [2.75, 3.05) is 23.9 Å². The number of nitrogens with one attached hydrogen (secondary N) is 2. The first kappa shape index (κ1) is 20.5. The fraction of sp³-hybridized carbons (Fsp3) is 0.136. The molecule has 3 aromatic rings. The van der Waals surface area contributed by atoms with Crippen molar-refractivity contribution in [1.29, 1.82) is 0 Å². The van der Waals surface area contributed by atoms with Crippen LogP contribution in [0.3, 0.4) is 0 Å². The third-order valence-electron chi connectivity index (χ3n) is 4.74. The third kappa shape index (κ3) is 4.26. The number of carbonyl (C=O) groups is 1. The van der Waals surface area contributed by atoms with Crippen molar-refractivity contribution in [3.8, 4) is 17.2 Å². The van der Waals surface area contributed by atoms with Gasteiger partial charge in [0.2, 0.25) is 6.79 Å². The molecular weight excluding hydrogens is 420 g/mol. The topological polar surface area (TPSA) is 103 Å². The Morgan fingerprint density at radius 3 is 2.55 bits per heavy atom. The number of methoxy groups -OCH3 is 1. The Labute approximate surface area is 179 Å². The van der Waals surface area contributed by atoms with Gasteiger partial charge < -0.3 is 19.5 Å². The molecule has 0 aromatic heterocycles. The highest BCUT2D eigenvalue weighted by Crippen LogP contribution is 2.35. The summed E-state index contributed by atoms with van der Waals surface area (Å²) >= 11 is 0. The number of aryl methyl sites for hydroxylation is 1. The van der Waals surface area contributed by atoms with Gasteiger partial charge in [0.1, 0.15) is 5.75 Å². The van der Waals surface area contributed by atoms with E-state index in [9.17, 15) is 13.2 Å². The van der Waals surface area contributed by atoms with Crippen molar-refractivity contribution in [3.63, 3.8) is 0 Å². The molecule has 1 heterocycles. The zero-order valence-electron chi connectivity index (χ0n) is 16.8. The monoisotopic (exact) mass is 440 g/mol. The number of ether oxygens (including phenoxy) is 3. The van der Waals surface area contributed by atoms with Crippen LogP contribution in [0, 0.1) is 6.92 Å². The first-order valence-corrected chi connectivity index (χ1v) is 10.8. The van der Waals surface area contributed by atoms with Gasteiger partial charge in [0.15, 0.2) is 11.5 Å². The number of hydrogen-bond acceptors (Lipinski definition) is 6. The summed E-state index contributed by atoms with van der Waals surface area (Å²) in [5, 5.41) is 2.74. The first-order chi connectivity index (χ1) is 14.9. The van der Waals surface area contributed by atoms with E-state index in [0.29, 0.717) is 28.5 Å². The highest BCUT2D eigenvalue weighted by molar-refractivity contribution is 7.92. The van der Waals surface area contributed by atoms with E-state index in [-0.39, 0.29) is 23.3 Å². The van der Waals surface area contributed by atoms with Crippen LogP contribution in [0.1, 0.15) is 15.9 Å². The van der Waals surface area contributed by atoms with Crippen LogP contribution in [0.15, 0.2) is 65.6 Å². The van der Waals surface area contributed by atoms with Gasteiger partial charge in [-0.15, -0.1) is 0 Å². The van der Waals surface area contributed by atoms with E-state index in [4.69, 9.17) is 14.2 Å². The quantitative estimate of drug-likeness (QED) is 0.605. The minimum absolute atomic E-state index is 0.0361. The second-order valence-electron chi connectivity index (χ2n) is 6.80. The van der Waals surface area contributed by atoms with E-state index in [1.54, 1.807) is 30.3 Å². The minimum Gasteiger partial charge on any atom is -0.495 e. The van der Waals surface area contributed by atoms with Crippen LogP contribution in [0.4, 0.5) is 11.4 Å². The Morgan fingerprint density at radius 1 is 1.00 bits per heavy atom. The van der Waals surface area contributed by atoms with E-state index < -0.39 is 10.0 Å². The Kier molecular flexibility index (Phi) is 5.43. The summed E-state index contributed by atoms with van der Waals surface area (Å²) in [6.07, 6.45) is 0. The standard InChI is InChI=1S/C22H20N2O6S/c1-14-5-3-4-6-17(14)22(25)23-18-12-16(8-10-19(18)28-2)31(26,27)24-15-7-9-20-21(11-15)30-13-29-20/h3-12,24H,13H2,1-2H3,(H,23,25). The lowest BCUT2D eigenvalue weighted by molar-refractivity contribution is 0.102. The number of anilines is 2. The molecule has 0 saturated heterocycles. The van der Waals surface area contributed by atoms with Gasteiger partial charge >= 0.3 is 0 Å². The summed E-state index contributed by atoms with van der Waals surface area (Å²) in [5.41, 5.74) is 1.85. The number of carbonyl (C=O) groups excluding carboxylic acids is 1. The zero-order valence-corrected chi connectivity index (χ0v) is 17.7. The van der Waals surface area contributed by atoms with Crippen LogP contribution in [0.5, 0.6) is 17.2 Å². The Morgan fingerprint density at radius 2 is 1.77 bits per heavy atom. The van der Waals surface area contributed by atoms with E-state index >= 15 is 0 Å². The molecule has 3 aromatic carbocycles. The fourth-order valence-electron chi connectivity index (χ4n) is 3.14. The van der Waals surface area contributed by atoms with Gasteiger partial charge in [0, 0.05) is 11.6 Å². The summed E-state index contributed by atoms with van der Waals surface area (Å²) in [4.78, 5) is 12.7. The third-order valence-corrected chi connectivity index (χ3v) is 6.12. The molecule has 0 radical (unpaired) electrons. The van der Waals surface area contributed by atoms with Crippen molar-refractivity contribution >= 4 is 27.3 Å². The SMILES string of the molecule is COc1ccc(S(=O)(=O)Nc2ccc3c(c2)OCO3)cc1NC(=O)c1ccccc1C. The summed E-state index contributed by atoms with van der Waals surface area (Å²) in [6, 6.07) is 16.1. The van der Waals surface area contributed by atoms with Crippen molar-refractivity contribution < 1.29 is 27.4 Å². The van der Waals surface area contributed by atoms with Crippen molar-refractivity contribution in [1.82, 2.24) is 0 Å².